The lowest BCUT2D eigenvalue weighted by Crippen LogP contribution is -2.55. The van der Waals surface area contributed by atoms with Crippen LogP contribution < -0.4 is 16.4 Å². The predicted molar refractivity (Wildman–Crippen MR) is 121 cm³/mol. The summed E-state index contributed by atoms with van der Waals surface area (Å²) in [7, 11) is 0. The van der Waals surface area contributed by atoms with Gasteiger partial charge < -0.3 is 31.6 Å². The molecule has 11 heteroatoms. The van der Waals surface area contributed by atoms with Crippen LogP contribution in [-0.4, -0.2) is 69.1 Å². The first-order chi connectivity index (χ1) is 15.2. The Hall–Kier alpha value is -3.05. The Morgan fingerprint density at radius 2 is 1.75 bits per heavy atom. The van der Waals surface area contributed by atoms with Crippen molar-refractivity contribution in [3.05, 3.63) is 36.0 Å². The number of fused-ring (bicyclic) bond motifs is 1. The topological polar surface area (TPSA) is 175 Å². The number of aromatic nitrogens is 1. The van der Waals surface area contributed by atoms with Crippen molar-refractivity contribution >= 4 is 46.4 Å². The van der Waals surface area contributed by atoms with E-state index in [2.05, 4.69) is 15.6 Å². The zero-order chi connectivity index (χ0) is 23.7. The first-order valence-electron chi connectivity index (χ1n) is 10.1. The molecule has 10 nitrogen and oxygen atoms in total. The summed E-state index contributed by atoms with van der Waals surface area (Å²) in [4.78, 5) is 50.6. The summed E-state index contributed by atoms with van der Waals surface area (Å²) in [5.41, 5.74) is 7.88. The number of carbonyl (C=O) groups excluding carboxylic acids is 2. The highest BCUT2D eigenvalue weighted by molar-refractivity contribution is 7.98. The molecule has 1 aromatic heterocycles. The van der Waals surface area contributed by atoms with Gasteiger partial charge in [-0.05, 0) is 42.9 Å². The first-order valence-corrected chi connectivity index (χ1v) is 11.5. The summed E-state index contributed by atoms with van der Waals surface area (Å²) >= 11 is 1.47. The van der Waals surface area contributed by atoms with E-state index in [0.29, 0.717) is 5.75 Å². The second-order valence-corrected chi connectivity index (χ2v) is 8.33. The van der Waals surface area contributed by atoms with E-state index < -0.39 is 48.3 Å². The minimum atomic E-state index is -1.37. The number of nitrogens with one attached hydrogen (secondary N) is 3. The number of para-hydroxylation sites is 1. The number of thioether (sulfide) groups is 1. The van der Waals surface area contributed by atoms with Crippen LogP contribution in [0, 0.1) is 0 Å². The number of hydrogen-bond acceptors (Lipinski definition) is 6. The third-order valence-corrected chi connectivity index (χ3v) is 5.60. The van der Waals surface area contributed by atoms with Gasteiger partial charge in [0.05, 0.1) is 6.04 Å². The Morgan fingerprint density at radius 1 is 1.06 bits per heavy atom. The van der Waals surface area contributed by atoms with Gasteiger partial charge in [0.25, 0.3) is 0 Å². The van der Waals surface area contributed by atoms with Crippen molar-refractivity contribution in [1.82, 2.24) is 15.6 Å². The van der Waals surface area contributed by atoms with E-state index >= 15 is 0 Å². The summed E-state index contributed by atoms with van der Waals surface area (Å²) in [6, 6.07) is 4.34. The summed E-state index contributed by atoms with van der Waals surface area (Å²) in [6.45, 7) is 0. The van der Waals surface area contributed by atoms with Gasteiger partial charge in [-0.2, -0.15) is 11.8 Å². The molecule has 0 radical (unpaired) electrons. The summed E-state index contributed by atoms with van der Waals surface area (Å²) < 4.78 is 0. The van der Waals surface area contributed by atoms with Crippen LogP contribution in [0.15, 0.2) is 30.5 Å². The predicted octanol–water partition coefficient (Wildman–Crippen LogP) is 0.710. The van der Waals surface area contributed by atoms with Gasteiger partial charge in [0.2, 0.25) is 11.8 Å². The third kappa shape index (κ3) is 7.27. The standard InChI is InChI=1S/C21H28N4O6S/c1-32-9-8-16(20(29)25-17(21(30)31)6-7-18(26)27)24-19(28)14(22)10-12-11-23-15-5-3-2-4-13(12)15/h2-5,11,14,16-17,23H,6-10,22H2,1H3,(H,24,28)(H,25,29)(H,26,27)(H,30,31). The summed E-state index contributed by atoms with van der Waals surface area (Å²) in [5, 5.41) is 23.9. The van der Waals surface area contributed by atoms with Gasteiger partial charge in [-0.25, -0.2) is 4.79 Å². The van der Waals surface area contributed by atoms with Crippen LogP contribution in [0.25, 0.3) is 10.9 Å². The van der Waals surface area contributed by atoms with E-state index in [1.165, 1.54) is 11.8 Å². The van der Waals surface area contributed by atoms with Gasteiger partial charge in [0, 0.05) is 23.5 Å². The van der Waals surface area contributed by atoms with E-state index in [4.69, 9.17) is 10.8 Å². The molecule has 7 N–H and O–H groups in total. The van der Waals surface area contributed by atoms with Crippen molar-refractivity contribution < 1.29 is 29.4 Å². The minimum absolute atomic E-state index is 0.253. The van der Waals surface area contributed by atoms with Crippen molar-refractivity contribution in [3.8, 4) is 0 Å². The maximum atomic E-state index is 12.7. The van der Waals surface area contributed by atoms with E-state index in [0.717, 1.165) is 16.5 Å². The average molecular weight is 465 g/mol. The van der Waals surface area contributed by atoms with Crippen LogP contribution in [-0.2, 0) is 25.6 Å². The summed E-state index contributed by atoms with van der Waals surface area (Å²) in [5.74, 6) is -3.19. The molecule has 0 aliphatic rings. The number of benzene rings is 1. The van der Waals surface area contributed by atoms with Crippen LogP contribution in [0.4, 0.5) is 0 Å². The van der Waals surface area contributed by atoms with E-state index in [1.807, 2.05) is 30.5 Å². The second kappa shape index (κ2) is 12.1. The minimum Gasteiger partial charge on any atom is -0.481 e. The lowest BCUT2D eigenvalue weighted by atomic mass is 10.0. The Bertz CT molecular complexity index is 963. The number of carboxylic acid groups (broad SMARTS) is 2. The number of amides is 2. The van der Waals surface area contributed by atoms with E-state index in [1.54, 1.807) is 6.20 Å². The third-order valence-electron chi connectivity index (χ3n) is 4.96. The highest BCUT2D eigenvalue weighted by Gasteiger charge is 2.28. The Morgan fingerprint density at radius 3 is 2.41 bits per heavy atom. The van der Waals surface area contributed by atoms with Crippen molar-refractivity contribution in [2.24, 2.45) is 5.73 Å². The fourth-order valence-corrected chi connectivity index (χ4v) is 3.68. The number of aromatic amines is 1. The quantitative estimate of drug-likeness (QED) is 0.251. The molecule has 174 valence electrons. The van der Waals surface area contributed by atoms with Gasteiger partial charge >= 0.3 is 11.9 Å². The van der Waals surface area contributed by atoms with Gasteiger partial charge in [0.15, 0.2) is 0 Å². The van der Waals surface area contributed by atoms with Gasteiger partial charge in [-0.15, -0.1) is 0 Å². The molecule has 0 aliphatic heterocycles. The zero-order valence-electron chi connectivity index (χ0n) is 17.7. The molecule has 0 saturated carbocycles. The van der Waals surface area contributed by atoms with Crippen molar-refractivity contribution in [2.45, 2.75) is 43.8 Å². The molecule has 3 unspecified atom stereocenters. The number of aliphatic carboxylic acids is 2. The van der Waals surface area contributed by atoms with E-state index in [9.17, 15) is 24.3 Å². The van der Waals surface area contributed by atoms with Crippen LogP contribution in [0.3, 0.4) is 0 Å². The van der Waals surface area contributed by atoms with Gasteiger partial charge in [-0.3, -0.25) is 14.4 Å². The number of H-pyrrole nitrogens is 1. The maximum absolute atomic E-state index is 12.7. The molecule has 0 spiro atoms. The maximum Gasteiger partial charge on any atom is 0.326 e. The Kier molecular flexibility index (Phi) is 9.54. The lowest BCUT2D eigenvalue weighted by molar-refractivity contribution is -0.143. The van der Waals surface area contributed by atoms with E-state index in [-0.39, 0.29) is 19.3 Å². The molecular weight excluding hydrogens is 436 g/mol. The fourth-order valence-electron chi connectivity index (χ4n) is 3.21. The highest BCUT2D eigenvalue weighted by Crippen LogP contribution is 2.18. The molecule has 1 aromatic carbocycles. The molecule has 1 heterocycles. The van der Waals surface area contributed by atoms with Crippen LogP contribution in [0.1, 0.15) is 24.8 Å². The molecule has 0 bridgehead atoms. The van der Waals surface area contributed by atoms with Crippen molar-refractivity contribution in [3.63, 3.8) is 0 Å². The number of nitrogens with two attached hydrogens (primary N) is 1. The van der Waals surface area contributed by atoms with Crippen LogP contribution in [0.5, 0.6) is 0 Å². The molecule has 2 amide bonds. The Labute approximate surface area is 189 Å². The highest BCUT2D eigenvalue weighted by atomic mass is 32.2. The second-order valence-electron chi connectivity index (χ2n) is 7.34. The molecule has 3 atom stereocenters. The molecule has 0 fully saturated rings. The number of carboxylic acids is 2. The Balaban J connectivity index is 2.04. The first kappa shape index (κ1) is 25.2. The zero-order valence-corrected chi connectivity index (χ0v) is 18.5. The molecule has 2 aromatic rings. The fraction of sp³-hybridized carbons (Fsp3) is 0.429. The molecular formula is C21H28N4O6S. The van der Waals surface area contributed by atoms with Crippen molar-refractivity contribution in [1.29, 1.82) is 0 Å². The molecule has 32 heavy (non-hydrogen) atoms. The van der Waals surface area contributed by atoms with Crippen molar-refractivity contribution in [2.75, 3.05) is 12.0 Å². The number of rotatable bonds is 13. The molecule has 2 rings (SSSR count). The number of hydrogen-bond donors (Lipinski definition) is 6. The largest absolute Gasteiger partial charge is 0.481 e. The molecule has 0 saturated heterocycles. The van der Waals surface area contributed by atoms with Gasteiger partial charge in [-0.1, -0.05) is 18.2 Å². The van der Waals surface area contributed by atoms with Gasteiger partial charge in [0.1, 0.15) is 12.1 Å². The van der Waals surface area contributed by atoms with Crippen LogP contribution >= 0.6 is 11.8 Å². The lowest BCUT2D eigenvalue weighted by Gasteiger charge is -2.22. The summed E-state index contributed by atoms with van der Waals surface area (Å²) in [6.07, 6.45) is 3.48. The average Bonchev–Trinajstić information content (AvgIpc) is 3.16. The van der Waals surface area contributed by atoms with Crippen LogP contribution in [0.2, 0.25) is 0 Å². The normalized spacial score (nSPS) is 13.8. The monoisotopic (exact) mass is 464 g/mol. The molecule has 0 aliphatic carbocycles. The SMILES string of the molecule is CSCCC(NC(=O)C(N)Cc1c[nH]c2ccccc12)C(=O)NC(CCC(=O)O)C(=O)O. The number of carbonyl (C=O) groups is 4. The smallest absolute Gasteiger partial charge is 0.326 e.